The highest BCUT2D eigenvalue weighted by atomic mass is 15.1. The van der Waals surface area contributed by atoms with E-state index in [1.54, 1.807) is 0 Å². The fourth-order valence-electron chi connectivity index (χ4n) is 1.46. The van der Waals surface area contributed by atoms with Gasteiger partial charge in [0, 0.05) is 38.1 Å². The van der Waals surface area contributed by atoms with Gasteiger partial charge in [-0.05, 0) is 18.9 Å². The largest absolute Gasteiger partial charge is 0.373 e. The molecule has 0 radical (unpaired) electrons. The average molecular weight is 207 g/mol. The van der Waals surface area contributed by atoms with Gasteiger partial charge in [0.05, 0.1) is 0 Å². The molecule has 0 fully saturated rings. The fraction of sp³-hybridized carbons (Fsp3) is 0.583. The Bertz CT molecular complexity index is 309. The molecule has 0 spiro atoms. The maximum atomic E-state index is 4.21. The van der Waals surface area contributed by atoms with Gasteiger partial charge in [0.25, 0.3) is 0 Å². The molecule has 0 amide bonds. The lowest BCUT2D eigenvalue weighted by atomic mass is 10.0. The van der Waals surface area contributed by atoms with Crippen LogP contribution in [0.15, 0.2) is 18.3 Å². The van der Waals surface area contributed by atoms with E-state index < -0.39 is 0 Å². The lowest BCUT2D eigenvalue weighted by Crippen LogP contribution is -2.33. The Kier molecular flexibility index (Phi) is 3.95. The van der Waals surface area contributed by atoms with Crippen LogP contribution >= 0.6 is 0 Å². The summed E-state index contributed by atoms with van der Waals surface area (Å²) in [6.45, 7) is 6.72. The molecular weight excluding hydrogens is 186 g/mol. The Hall–Kier alpha value is -1.25. The zero-order valence-corrected chi connectivity index (χ0v) is 10.3. The van der Waals surface area contributed by atoms with E-state index >= 15 is 0 Å². The number of pyridine rings is 1. The third kappa shape index (κ3) is 2.85. The highest BCUT2D eigenvalue weighted by molar-refractivity contribution is 5.53. The third-order valence-electron chi connectivity index (χ3n) is 2.98. The average Bonchev–Trinajstić information content (AvgIpc) is 2.27. The summed E-state index contributed by atoms with van der Waals surface area (Å²) in [7, 11) is 4.01. The molecule has 0 bridgehead atoms. The molecule has 1 heterocycles. The summed E-state index contributed by atoms with van der Waals surface area (Å²) in [6.07, 6.45) is 1.84. The number of rotatable bonds is 4. The zero-order chi connectivity index (χ0) is 11.4. The number of nitrogens with zero attached hydrogens (tertiary/aromatic N) is 2. The van der Waals surface area contributed by atoms with Crippen LogP contribution < -0.4 is 10.2 Å². The Balaban J connectivity index is 2.85. The van der Waals surface area contributed by atoms with Gasteiger partial charge in [0.15, 0.2) is 0 Å². The lowest BCUT2D eigenvalue weighted by Gasteiger charge is -2.30. The molecule has 15 heavy (non-hydrogen) atoms. The van der Waals surface area contributed by atoms with Crippen LogP contribution in [0.25, 0.3) is 0 Å². The first-order chi connectivity index (χ1) is 7.06. The van der Waals surface area contributed by atoms with Crippen LogP contribution in [0.2, 0.25) is 0 Å². The predicted molar refractivity (Wildman–Crippen MR) is 66.5 cm³/mol. The molecule has 1 aromatic heterocycles. The molecule has 3 nitrogen and oxygen atoms in total. The van der Waals surface area contributed by atoms with E-state index in [0.717, 1.165) is 5.82 Å². The second-order valence-corrected chi connectivity index (χ2v) is 4.24. The first-order valence-electron chi connectivity index (χ1n) is 5.43. The Morgan fingerprint density at radius 3 is 2.53 bits per heavy atom. The van der Waals surface area contributed by atoms with Gasteiger partial charge in [-0.1, -0.05) is 13.8 Å². The van der Waals surface area contributed by atoms with E-state index in [0.29, 0.717) is 12.0 Å². The molecule has 0 saturated heterocycles. The normalized spacial score (nSPS) is 12.7. The number of hydrogen-bond acceptors (Lipinski definition) is 3. The number of nitrogens with one attached hydrogen (secondary N) is 1. The smallest absolute Gasteiger partial charge is 0.127 e. The van der Waals surface area contributed by atoms with E-state index in [9.17, 15) is 0 Å². The summed E-state index contributed by atoms with van der Waals surface area (Å²) in [5.41, 5.74) is 1.20. The molecule has 0 aliphatic rings. The van der Waals surface area contributed by atoms with Gasteiger partial charge >= 0.3 is 0 Å². The summed E-state index contributed by atoms with van der Waals surface area (Å²) in [4.78, 5) is 6.49. The van der Waals surface area contributed by atoms with E-state index in [1.807, 2.05) is 19.3 Å². The molecule has 1 aromatic rings. The second kappa shape index (κ2) is 5.01. The van der Waals surface area contributed by atoms with Crippen molar-refractivity contribution in [3.05, 3.63) is 18.3 Å². The monoisotopic (exact) mass is 207 g/mol. The molecule has 1 rings (SSSR count). The Morgan fingerprint density at radius 1 is 1.33 bits per heavy atom. The summed E-state index contributed by atoms with van der Waals surface area (Å²) in [6, 6.07) is 4.63. The maximum absolute atomic E-state index is 4.21. The van der Waals surface area contributed by atoms with Crippen LogP contribution in [0.5, 0.6) is 0 Å². The first-order valence-corrected chi connectivity index (χ1v) is 5.43. The van der Waals surface area contributed by atoms with Gasteiger partial charge < -0.3 is 10.2 Å². The van der Waals surface area contributed by atoms with Gasteiger partial charge in [-0.15, -0.1) is 0 Å². The van der Waals surface area contributed by atoms with Crippen LogP contribution in [0.3, 0.4) is 0 Å². The van der Waals surface area contributed by atoms with Gasteiger partial charge in [0.2, 0.25) is 0 Å². The van der Waals surface area contributed by atoms with E-state index in [-0.39, 0.29) is 0 Å². The fourth-order valence-corrected chi connectivity index (χ4v) is 1.46. The first kappa shape index (κ1) is 11.8. The Labute approximate surface area is 92.5 Å². The quantitative estimate of drug-likeness (QED) is 0.822. The molecule has 1 unspecified atom stereocenters. The highest BCUT2D eigenvalue weighted by Crippen LogP contribution is 2.20. The van der Waals surface area contributed by atoms with Crippen molar-refractivity contribution in [2.75, 3.05) is 24.3 Å². The second-order valence-electron chi connectivity index (χ2n) is 4.24. The SMILES string of the molecule is CNc1cc(N(C)C(C)C(C)C)ccn1. The number of aromatic nitrogens is 1. The number of hydrogen-bond donors (Lipinski definition) is 1. The molecule has 0 aliphatic carbocycles. The molecule has 0 aromatic carbocycles. The van der Waals surface area contributed by atoms with E-state index in [4.69, 9.17) is 0 Å². The van der Waals surface area contributed by atoms with Gasteiger partial charge in [-0.2, -0.15) is 0 Å². The molecule has 84 valence electrons. The summed E-state index contributed by atoms with van der Waals surface area (Å²) in [5.74, 6) is 1.55. The standard InChI is InChI=1S/C12H21N3/c1-9(2)10(3)15(5)11-6-7-14-12(8-11)13-4/h6-10H,1-5H3,(H,13,14). The van der Waals surface area contributed by atoms with Crippen LogP contribution in [0.4, 0.5) is 11.5 Å². The minimum atomic E-state index is 0.525. The highest BCUT2D eigenvalue weighted by Gasteiger charge is 2.13. The Morgan fingerprint density at radius 2 is 2.00 bits per heavy atom. The van der Waals surface area contributed by atoms with Crippen LogP contribution in [-0.2, 0) is 0 Å². The van der Waals surface area contributed by atoms with Gasteiger partial charge in [-0.25, -0.2) is 4.98 Å². The maximum Gasteiger partial charge on any atom is 0.127 e. The molecule has 3 heteroatoms. The van der Waals surface area contributed by atoms with Gasteiger partial charge in [0.1, 0.15) is 5.82 Å². The van der Waals surface area contributed by atoms with Crippen molar-refractivity contribution in [3.63, 3.8) is 0 Å². The third-order valence-corrected chi connectivity index (χ3v) is 2.98. The van der Waals surface area contributed by atoms with E-state index in [2.05, 4.69) is 49.1 Å². The zero-order valence-electron chi connectivity index (χ0n) is 10.3. The van der Waals surface area contributed by atoms with Crippen molar-refractivity contribution >= 4 is 11.5 Å². The summed E-state index contributed by atoms with van der Waals surface area (Å²) < 4.78 is 0. The molecule has 0 aliphatic heterocycles. The van der Waals surface area contributed by atoms with Crippen molar-refractivity contribution in [2.45, 2.75) is 26.8 Å². The van der Waals surface area contributed by atoms with Crippen molar-refractivity contribution in [2.24, 2.45) is 5.92 Å². The minimum absolute atomic E-state index is 0.525. The van der Waals surface area contributed by atoms with Crippen LogP contribution in [0, 0.1) is 5.92 Å². The van der Waals surface area contributed by atoms with Crippen molar-refractivity contribution < 1.29 is 0 Å². The van der Waals surface area contributed by atoms with Crippen LogP contribution in [-0.4, -0.2) is 25.1 Å². The predicted octanol–water partition coefficient (Wildman–Crippen LogP) is 2.60. The molecule has 1 N–H and O–H groups in total. The summed E-state index contributed by atoms with van der Waals surface area (Å²) >= 11 is 0. The van der Waals surface area contributed by atoms with E-state index in [1.165, 1.54) is 5.69 Å². The van der Waals surface area contributed by atoms with Crippen molar-refractivity contribution in [3.8, 4) is 0 Å². The summed E-state index contributed by atoms with van der Waals surface area (Å²) in [5, 5.41) is 3.05. The molecule has 1 atom stereocenters. The topological polar surface area (TPSA) is 28.2 Å². The minimum Gasteiger partial charge on any atom is -0.373 e. The molecular formula is C12H21N3. The van der Waals surface area contributed by atoms with Crippen molar-refractivity contribution in [1.29, 1.82) is 0 Å². The van der Waals surface area contributed by atoms with Crippen molar-refractivity contribution in [1.82, 2.24) is 4.98 Å². The number of anilines is 2. The lowest BCUT2D eigenvalue weighted by molar-refractivity contribution is 0.505. The van der Waals surface area contributed by atoms with Crippen LogP contribution in [0.1, 0.15) is 20.8 Å². The van der Waals surface area contributed by atoms with Gasteiger partial charge in [-0.3, -0.25) is 0 Å². The molecule has 0 saturated carbocycles.